The van der Waals surface area contributed by atoms with Crippen molar-refractivity contribution in [1.82, 2.24) is 5.32 Å². The molecule has 0 radical (unpaired) electrons. The van der Waals surface area contributed by atoms with Crippen molar-refractivity contribution >= 4 is 0 Å². The molecule has 0 amide bonds. The summed E-state index contributed by atoms with van der Waals surface area (Å²) in [5.74, 6) is 0. The van der Waals surface area contributed by atoms with Crippen molar-refractivity contribution in [2.45, 2.75) is 64.1 Å². The zero-order chi connectivity index (χ0) is 13.6. The number of alkyl halides is 3. The third-order valence-electron chi connectivity index (χ3n) is 4.09. The minimum Gasteiger partial charge on any atom is -0.314 e. The standard InChI is InChI=1S/C13H21F3N2/c1-2-12(7-9-17)5-3-11(4-6-12)18-10-8-13(14,15)16/h11,18H,2-8,10H2,1H3/t11-,12-. The highest BCUT2D eigenvalue weighted by molar-refractivity contribution is 4.93. The molecule has 18 heavy (non-hydrogen) atoms. The van der Waals surface area contributed by atoms with Crippen LogP contribution in [0.5, 0.6) is 0 Å². The first kappa shape index (κ1) is 15.3. The van der Waals surface area contributed by atoms with Gasteiger partial charge in [0.1, 0.15) is 0 Å². The summed E-state index contributed by atoms with van der Waals surface area (Å²) >= 11 is 0. The fraction of sp³-hybridized carbons (Fsp3) is 0.923. The number of nitrogens with one attached hydrogen (secondary N) is 1. The minimum atomic E-state index is -4.07. The normalized spacial score (nSPS) is 28.9. The van der Waals surface area contributed by atoms with Crippen molar-refractivity contribution in [3.63, 3.8) is 0 Å². The van der Waals surface area contributed by atoms with E-state index < -0.39 is 12.6 Å². The molecule has 0 aliphatic heterocycles. The molecular weight excluding hydrogens is 241 g/mol. The largest absolute Gasteiger partial charge is 0.390 e. The molecule has 5 heteroatoms. The first-order valence-corrected chi connectivity index (χ1v) is 6.58. The molecule has 0 aromatic carbocycles. The van der Waals surface area contributed by atoms with E-state index >= 15 is 0 Å². The highest BCUT2D eigenvalue weighted by Gasteiger charge is 2.34. The number of hydrogen-bond acceptors (Lipinski definition) is 2. The second-order valence-corrected chi connectivity index (χ2v) is 5.28. The van der Waals surface area contributed by atoms with Gasteiger partial charge in [0.15, 0.2) is 0 Å². The molecule has 1 saturated carbocycles. The number of nitriles is 1. The summed E-state index contributed by atoms with van der Waals surface area (Å²) < 4.78 is 36.0. The minimum absolute atomic E-state index is 0.00550. The molecule has 1 aliphatic rings. The Labute approximate surface area is 107 Å². The highest BCUT2D eigenvalue weighted by Crippen LogP contribution is 2.41. The molecule has 0 saturated heterocycles. The molecule has 0 heterocycles. The van der Waals surface area contributed by atoms with Gasteiger partial charge in [-0.1, -0.05) is 6.92 Å². The van der Waals surface area contributed by atoms with Crippen LogP contribution < -0.4 is 5.32 Å². The maximum atomic E-state index is 12.0. The van der Waals surface area contributed by atoms with Crippen molar-refractivity contribution in [2.75, 3.05) is 6.54 Å². The van der Waals surface area contributed by atoms with Gasteiger partial charge in [0.05, 0.1) is 12.5 Å². The van der Waals surface area contributed by atoms with Crippen LogP contribution in [0.25, 0.3) is 0 Å². The van der Waals surface area contributed by atoms with Crippen LogP contribution in [0.1, 0.15) is 51.9 Å². The van der Waals surface area contributed by atoms with Crippen LogP contribution in [0.2, 0.25) is 0 Å². The first-order chi connectivity index (χ1) is 8.41. The van der Waals surface area contributed by atoms with Crippen molar-refractivity contribution in [3.8, 4) is 6.07 Å². The third kappa shape index (κ3) is 4.85. The second kappa shape index (κ2) is 6.42. The number of halogens is 3. The molecule has 0 aromatic rings. The molecule has 0 aromatic heterocycles. The summed E-state index contributed by atoms with van der Waals surface area (Å²) in [6.07, 6.45) is 0.368. The van der Waals surface area contributed by atoms with Gasteiger partial charge in [0.2, 0.25) is 0 Å². The SMILES string of the molecule is CC[C@]1(CC#N)CC[C@H](NCCC(F)(F)F)CC1. The molecule has 0 atom stereocenters. The van der Waals surface area contributed by atoms with E-state index in [0.717, 1.165) is 32.1 Å². The number of rotatable bonds is 5. The fourth-order valence-corrected chi connectivity index (χ4v) is 2.68. The van der Waals surface area contributed by atoms with Gasteiger partial charge in [-0.25, -0.2) is 0 Å². The zero-order valence-electron chi connectivity index (χ0n) is 10.8. The molecule has 1 rings (SSSR count). The summed E-state index contributed by atoms with van der Waals surface area (Å²) in [7, 11) is 0. The van der Waals surface area contributed by atoms with Gasteiger partial charge in [-0.15, -0.1) is 0 Å². The Kier molecular flexibility index (Phi) is 5.46. The van der Waals surface area contributed by atoms with Crippen LogP contribution >= 0.6 is 0 Å². The van der Waals surface area contributed by atoms with Crippen molar-refractivity contribution < 1.29 is 13.2 Å². The Balaban J connectivity index is 2.29. The maximum Gasteiger partial charge on any atom is 0.390 e. The van der Waals surface area contributed by atoms with Crippen LogP contribution in [0, 0.1) is 16.7 Å². The number of hydrogen-bond donors (Lipinski definition) is 1. The summed E-state index contributed by atoms with van der Waals surface area (Å²) in [6, 6.07) is 2.42. The van der Waals surface area contributed by atoms with Crippen LogP contribution in [0.15, 0.2) is 0 Å². The Hall–Kier alpha value is -0.760. The quantitative estimate of drug-likeness (QED) is 0.818. The molecular formula is C13H21F3N2. The average molecular weight is 262 g/mol. The lowest BCUT2D eigenvalue weighted by Gasteiger charge is -2.38. The number of nitrogens with zero attached hydrogens (tertiary/aromatic N) is 1. The van der Waals surface area contributed by atoms with Crippen molar-refractivity contribution in [1.29, 1.82) is 5.26 Å². The Bertz CT molecular complexity index is 286. The summed E-state index contributed by atoms with van der Waals surface area (Å²) in [6.45, 7) is 2.10. The van der Waals surface area contributed by atoms with Crippen LogP contribution in [-0.4, -0.2) is 18.8 Å². The van der Waals surface area contributed by atoms with Gasteiger partial charge in [0, 0.05) is 19.0 Å². The molecule has 1 N–H and O–H groups in total. The Morgan fingerprint density at radius 2 is 1.94 bits per heavy atom. The lowest BCUT2D eigenvalue weighted by Crippen LogP contribution is -2.38. The Morgan fingerprint density at radius 3 is 2.39 bits per heavy atom. The topological polar surface area (TPSA) is 35.8 Å². The molecule has 0 spiro atoms. The maximum absolute atomic E-state index is 12.0. The van der Waals surface area contributed by atoms with E-state index in [4.69, 9.17) is 5.26 Å². The molecule has 0 unspecified atom stereocenters. The molecule has 1 fully saturated rings. The van der Waals surface area contributed by atoms with E-state index in [2.05, 4.69) is 18.3 Å². The molecule has 2 nitrogen and oxygen atoms in total. The fourth-order valence-electron chi connectivity index (χ4n) is 2.68. The predicted molar refractivity (Wildman–Crippen MR) is 63.9 cm³/mol. The van der Waals surface area contributed by atoms with E-state index in [1.165, 1.54) is 0 Å². The second-order valence-electron chi connectivity index (χ2n) is 5.28. The van der Waals surface area contributed by atoms with Crippen molar-refractivity contribution in [2.24, 2.45) is 5.41 Å². The van der Waals surface area contributed by atoms with Crippen LogP contribution in [-0.2, 0) is 0 Å². The lowest BCUT2D eigenvalue weighted by atomic mass is 9.69. The molecule has 1 aliphatic carbocycles. The summed E-state index contributed by atoms with van der Waals surface area (Å²) in [5, 5.41) is 11.8. The van der Waals surface area contributed by atoms with Gasteiger partial charge >= 0.3 is 6.18 Å². The smallest absolute Gasteiger partial charge is 0.314 e. The van der Waals surface area contributed by atoms with Gasteiger partial charge in [-0.3, -0.25) is 0 Å². The first-order valence-electron chi connectivity index (χ1n) is 6.58. The molecule has 104 valence electrons. The van der Waals surface area contributed by atoms with E-state index in [9.17, 15) is 13.2 Å². The van der Waals surface area contributed by atoms with E-state index in [0.29, 0.717) is 6.42 Å². The van der Waals surface area contributed by atoms with Gasteiger partial charge in [0.25, 0.3) is 0 Å². The van der Waals surface area contributed by atoms with Gasteiger partial charge < -0.3 is 5.32 Å². The predicted octanol–water partition coefficient (Wildman–Crippen LogP) is 3.78. The zero-order valence-corrected chi connectivity index (χ0v) is 10.8. The summed E-state index contributed by atoms with van der Waals surface area (Å²) in [4.78, 5) is 0. The van der Waals surface area contributed by atoms with Crippen LogP contribution in [0.3, 0.4) is 0 Å². The highest BCUT2D eigenvalue weighted by atomic mass is 19.4. The van der Waals surface area contributed by atoms with E-state index in [1.54, 1.807) is 0 Å². The van der Waals surface area contributed by atoms with E-state index in [1.807, 2.05) is 0 Å². The third-order valence-corrected chi connectivity index (χ3v) is 4.09. The average Bonchev–Trinajstić information content (AvgIpc) is 2.30. The lowest BCUT2D eigenvalue weighted by molar-refractivity contribution is -0.133. The Morgan fingerprint density at radius 1 is 1.33 bits per heavy atom. The monoisotopic (exact) mass is 262 g/mol. The van der Waals surface area contributed by atoms with E-state index in [-0.39, 0.29) is 18.0 Å². The summed E-state index contributed by atoms with van der Waals surface area (Å²) in [5.41, 5.74) is 0.108. The van der Waals surface area contributed by atoms with Gasteiger partial charge in [-0.2, -0.15) is 18.4 Å². The van der Waals surface area contributed by atoms with Gasteiger partial charge in [-0.05, 0) is 37.5 Å². The molecule has 0 bridgehead atoms. The van der Waals surface area contributed by atoms with Crippen molar-refractivity contribution in [3.05, 3.63) is 0 Å². The van der Waals surface area contributed by atoms with Crippen LogP contribution in [0.4, 0.5) is 13.2 Å².